The average molecular weight is 621 g/mol. The zero-order valence-corrected chi connectivity index (χ0v) is 24.3. The third-order valence-corrected chi connectivity index (χ3v) is 12.9. The third-order valence-electron chi connectivity index (χ3n) is 9.03. The normalized spacial score (nSPS) is 36.8. The fraction of sp³-hybridized carbons (Fsp3) is 0.783. The number of hydrogen-bond acceptors (Lipinski definition) is 9. The van der Waals surface area contributed by atoms with Gasteiger partial charge in [0.15, 0.2) is 23.2 Å². The van der Waals surface area contributed by atoms with E-state index in [-0.39, 0.29) is 10.9 Å². The van der Waals surface area contributed by atoms with E-state index in [4.69, 9.17) is 26.1 Å². The zero-order chi connectivity index (χ0) is 28.4. The van der Waals surface area contributed by atoms with Gasteiger partial charge in [-0.05, 0) is 79.7 Å². The van der Waals surface area contributed by atoms with Gasteiger partial charge in [0.05, 0.1) is 6.33 Å². The van der Waals surface area contributed by atoms with Crippen LogP contribution in [-0.4, -0.2) is 81.7 Å². The highest BCUT2D eigenvalue weighted by Gasteiger charge is 2.50. The highest BCUT2D eigenvalue weighted by atomic mass is 35.5. The lowest BCUT2D eigenvalue weighted by Gasteiger charge is -2.57. The largest absolute Gasteiger partial charge is 0.387 e. The molecule has 4 aliphatic carbocycles. The number of imidazole rings is 1. The molecular weight excluding hydrogens is 586 g/mol. The molecule has 17 heteroatoms. The molecule has 222 valence electrons. The summed E-state index contributed by atoms with van der Waals surface area (Å²) >= 11 is 6.25. The minimum Gasteiger partial charge on any atom is -0.387 e. The Morgan fingerprint density at radius 2 is 1.70 bits per heavy atom. The van der Waals surface area contributed by atoms with Crippen molar-refractivity contribution in [3.63, 3.8) is 0 Å². The topological polar surface area (TPSA) is 212 Å². The molecule has 0 radical (unpaired) electrons. The molecule has 1 saturated heterocycles. The van der Waals surface area contributed by atoms with Gasteiger partial charge in [0, 0.05) is 13.1 Å². The molecule has 7 rings (SSSR count). The predicted molar refractivity (Wildman–Crippen MR) is 145 cm³/mol. The molecule has 5 atom stereocenters. The highest BCUT2D eigenvalue weighted by molar-refractivity contribution is 7.71. The van der Waals surface area contributed by atoms with E-state index in [2.05, 4.69) is 25.4 Å². The molecule has 4 bridgehead atoms. The Hall–Kier alpha value is -1.18. The Labute approximate surface area is 235 Å². The van der Waals surface area contributed by atoms with E-state index in [1.165, 1.54) is 49.4 Å². The molecule has 1 aliphatic heterocycles. The molecule has 5 fully saturated rings. The maximum absolute atomic E-state index is 12.1. The molecule has 0 spiro atoms. The Balaban J connectivity index is 1.14. The Morgan fingerprint density at radius 3 is 2.33 bits per heavy atom. The van der Waals surface area contributed by atoms with Crippen LogP contribution in [0.25, 0.3) is 11.2 Å². The molecule has 0 aromatic carbocycles. The molecule has 3 unspecified atom stereocenters. The molecule has 0 amide bonds. The monoisotopic (exact) mass is 620 g/mol. The maximum atomic E-state index is 12.1. The van der Waals surface area contributed by atoms with Crippen LogP contribution in [0.5, 0.6) is 0 Å². The van der Waals surface area contributed by atoms with Crippen molar-refractivity contribution in [1.82, 2.24) is 24.6 Å². The molecule has 7 N–H and O–H groups in total. The van der Waals surface area contributed by atoms with Crippen LogP contribution in [0.4, 0.5) is 5.82 Å². The summed E-state index contributed by atoms with van der Waals surface area (Å²) in [5, 5.41) is 26.7. The van der Waals surface area contributed by atoms with Crippen molar-refractivity contribution in [3.05, 3.63) is 11.6 Å². The lowest BCUT2D eigenvalue weighted by atomic mass is 9.49. The summed E-state index contributed by atoms with van der Waals surface area (Å²) in [5.74, 6) is 1.79. The quantitative estimate of drug-likeness (QED) is 0.150. The van der Waals surface area contributed by atoms with Crippen LogP contribution in [0, 0.1) is 23.2 Å². The number of rotatable bonds is 10. The summed E-state index contributed by atoms with van der Waals surface area (Å²) in [5.41, 5.74) is 1.08. The number of halogens is 1. The standard InChI is InChI=1S/C23H35ClN6O8P2/c24-22-28-19(25-2-1-23-6-12-3-13(7-23)5-14(4-12)8-23)16-20(29-22)30(10-26-16)21-18(32)17(31)15(38-21)9-27-39(33,34)11-40(35,36)37/h10,12-15,17-18,21,31-32H,1-9,11H2,(H,25,28,29)(H2,27,33,34)(H2,35,36,37)/t12?,13?,14?,15-,17?,18?,21-,23?/m1/s1. The minimum absolute atomic E-state index is 0.0311. The van der Waals surface area contributed by atoms with Crippen molar-refractivity contribution < 1.29 is 38.8 Å². The molecular formula is C23H35ClN6O8P2. The Bertz CT molecular complexity index is 1340. The fourth-order valence-electron chi connectivity index (χ4n) is 7.90. The summed E-state index contributed by atoms with van der Waals surface area (Å²) in [6.45, 7) is 0.272. The van der Waals surface area contributed by atoms with Crippen LogP contribution in [0.15, 0.2) is 6.33 Å². The van der Waals surface area contributed by atoms with Crippen LogP contribution >= 0.6 is 26.7 Å². The highest BCUT2D eigenvalue weighted by Crippen LogP contribution is 2.61. The zero-order valence-electron chi connectivity index (χ0n) is 21.7. The van der Waals surface area contributed by atoms with Crippen LogP contribution < -0.4 is 10.4 Å². The number of hydrogen-bond donors (Lipinski definition) is 7. The van der Waals surface area contributed by atoms with Crippen LogP contribution in [0.2, 0.25) is 5.28 Å². The van der Waals surface area contributed by atoms with E-state index in [1.54, 1.807) is 0 Å². The lowest BCUT2D eigenvalue weighted by Crippen LogP contribution is -2.46. The number of anilines is 1. The maximum Gasteiger partial charge on any atom is 0.336 e. The first-order chi connectivity index (χ1) is 18.8. The molecule has 2 aromatic rings. The van der Waals surface area contributed by atoms with Crippen molar-refractivity contribution in [1.29, 1.82) is 0 Å². The second kappa shape index (κ2) is 10.5. The van der Waals surface area contributed by atoms with Crippen molar-refractivity contribution in [3.8, 4) is 0 Å². The van der Waals surface area contributed by atoms with Gasteiger partial charge in [-0.3, -0.25) is 13.7 Å². The molecule has 4 saturated carbocycles. The average Bonchev–Trinajstić information content (AvgIpc) is 3.36. The third kappa shape index (κ3) is 5.86. The van der Waals surface area contributed by atoms with Crippen molar-refractivity contribution >= 4 is 43.7 Å². The number of nitrogens with one attached hydrogen (secondary N) is 2. The van der Waals surface area contributed by atoms with Crippen molar-refractivity contribution in [2.24, 2.45) is 23.2 Å². The number of aliphatic hydroxyl groups is 2. The van der Waals surface area contributed by atoms with Gasteiger partial charge < -0.3 is 34.9 Å². The lowest BCUT2D eigenvalue weighted by molar-refractivity contribution is -0.0552. The van der Waals surface area contributed by atoms with Gasteiger partial charge in [0.25, 0.3) is 7.52 Å². The molecule has 2 aromatic heterocycles. The van der Waals surface area contributed by atoms with Crippen molar-refractivity contribution in [2.75, 3.05) is 24.3 Å². The second-order valence-electron chi connectivity index (χ2n) is 12.2. The molecule has 14 nitrogen and oxygen atoms in total. The fourth-order valence-corrected chi connectivity index (χ4v) is 10.9. The summed E-state index contributed by atoms with van der Waals surface area (Å²) in [4.78, 5) is 40.9. The van der Waals surface area contributed by atoms with Crippen LogP contribution in [0.1, 0.15) is 51.2 Å². The minimum atomic E-state index is -4.76. The number of aliphatic hydroxyl groups excluding tert-OH is 2. The van der Waals surface area contributed by atoms with Gasteiger partial charge in [-0.15, -0.1) is 0 Å². The van der Waals surface area contributed by atoms with E-state index < -0.39 is 52.1 Å². The van der Waals surface area contributed by atoms with Gasteiger partial charge >= 0.3 is 7.60 Å². The number of ether oxygens (including phenoxy) is 1. The summed E-state index contributed by atoms with van der Waals surface area (Å²) in [6.07, 6.45) is 5.26. The van der Waals surface area contributed by atoms with Gasteiger partial charge in [0.1, 0.15) is 24.2 Å². The molecule has 40 heavy (non-hydrogen) atoms. The van der Waals surface area contributed by atoms with Gasteiger partial charge in [-0.25, -0.2) is 10.1 Å². The van der Waals surface area contributed by atoms with E-state index in [9.17, 15) is 24.2 Å². The smallest absolute Gasteiger partial charge is 0.336 e. The first kappa shape index (κ1) is 28.9. The van der Waals surface area contributed by atoms with Crippen LogP contribution in [-0.2, 0) is 13.9 Å². The summed E-state index contributed by atoms with van der Waals surface area (Å²) < 4.78 is 30.4. The molecule has 3 heterocycles. The second-order valence-corrected chi connectivity index (χ2v) is 16.7. The Kier molecular flexibility index (Phi) is 7.60. The Morgan fingerprint density at radius 1 is 1.05 bits per heavy atom. The number of aromatic nitrogens is 4. The van der Waals surface area contributed by atoms with Gasteiger partial charge in [-0.1, -0.05) is 0 Å². The number of nitrogens with zero attached hydrogens (tertiary/aromatic N) is 4. The van der Waals surface area contributed by atoms with E-state index in [1.807, 2.05) is 0 Å². The predicted octanol–water partition coefficient (Wildman–Crippen LogP) is 2.03. The summed E-state index contributed by atoms with van der Waals surface area (Å²) in [6, 6.07) is 0. The first-order valence-corrected chi connectivity index (χ1v) is 17.6. The van der Waals surface area contributed by atoms with E-state index in [0.717, 1.165) is 24.2 Å². The van der Waals surface area contributed by atoms with Crippen LogP contribution in [0.3, 0.4) is 0 Å². The van der Waals surface area contributed by atoms with Crippen molar-refractivity contribution in [2.45, 2.75) is 69.5 Å². The first-order valence-electron chi connectivity index (χ1n) is 13.6. The van der Waals surface area contributed by atoms with E-state index >= 15 is 0 Å². The SMILES string of the molecule is O=P(O)(O)CP(=O)(O)NC[C@H]1O[C@@H](n2cnc3c(NCCC45CC6CC(CC(C6)C4)C5)nc(Cl)nc32)C(O)C1O. The summed E-state index contributed by atoms with van der Waals surface area (Å²) in [7, 11) is -9.19. The van der Waals surface area contributed by atoms with Gasteiger partial charge in [0.2, 0.25) is 5.28 Å². The molecule has 5 aliphatic rings. The number of fused-ring (bicyclic) bond motifs is 1. The van der Waals surface area contributed by atoms with Gasteiger partial charge in [-0.2, -0.15) is 9.97 Å². The van der Waals surface area contributed by atoms with E-state index in [0.29, 0.717) is 23.3 Å².